The highest BCUT2D eigenvalue weighted by molar-refractivity contribution is 6.30. The molecule has 0 aliphatic carbocycles. The first-order valence-electron chi connectivity index (χ1n) is 14.6. The molecule has 0 aliphatic heterocycles. The van der Waals surface area contributed by atoms with Gasteiger partial charge in [0.1, 0.15) is 0 Å². The lowest BCUT2D eigenvalue weighted by atomic mass is 10.0. The first-order valence-corrected chi connectivity index (χ1v) is 15.3. The molecule has 6 aromatic rings. The predicted molar refractivity (Wildman–Crippen MR) is 182 cm³/mol. The van der Waals surface area contributed by atoms with Gasteiger partial charge in [-0.05, 0) is 59.7 Å². The van der Waals surface area contributed by atoms with E-state index in [4.69, 9.17) is 23.2 Å². The Morgan fingerprint density at radius 2 is 0.705 bits per heavy atom. The van der Waals surface area contributed by atoms with Crippen LogP contribution >= 0.6 is 23.2 Å². The molecule has 0 N–H and O–H groups in total. The van der Waals surface area contributed by atoms with E-state index in [9.17, 15) is 0 Å². The van der Waals surface area contributed by atoms with Crippen molar-refractivity contribution in [1.29, 1.82) is 0 Å². The first-order chi connectivity index (χ1) is 21.4. The maximum Gasteiger partial charge on any atom is 0.173 e. The van der Waals surface area contributed by atoms with Gasteiger partial charge in [-0.2, -0.15) is 0 Å². The topological polar surface area (TPSA) is 14.2 Å². The fraction of sp³-hybridized carbons (Fsp3) is 0.105. The van der Waals surface area contributed by atoms with Crippen LogP contribution in [0.5, 0.6) is 0 Å². The largest absolute Gasteiger partial charge is 0.344 e. The van der Waals surface area contributed by atoms with Gasteiger partial charge < -0.3 is 9.80 Å². The number of anilines is 4. The average molecular weight is 618 g/mol. The lowest BCUT2D eigenvalue weighted by molar-refractivity contribution is -0.688. The molecule has 44 heavy (non-hydrogen) atoms. The third kappa shape index (κ3) is 7.11. The second-order valence-electron chi connectivity index (χ2n) is 10.9. The summed E-state index contributed by atoms with van der Waals surface area (Å²) in [6.07, 6.45) is 8.49. The number of nitrogens with zero attached hydrogens (tertiary/aromatic N) is 4. The van der Waals surface area contributed by atoms with E-state index < -0.39 is 0 Å². The van der Waals surface area contributed by atoms with E-state index in [0.29, 0.717) is 0 Å². The summed E-state index contributed by atoms with van der Waals surface area (Å²) in [5, 5.41) is 1.49. The minimum Gasteiger partial charge on any atom is -0.344 e. The molecule has 0 spiro atoms. The maximum absolute atomic E-state index is 6.04. The normalized spacial score (nSPS) is 10.9. The molecule has 2 heterocycles. The van der Waals surface area contributed by atoms with Crippen LogP contribution in [0.1, 0.15) is 11.1 Å². The molecule has 0 saturated heterocycles. The summed E-state index contributed by atoms with van der Waals surface area (Å²) in [6.45, 7) is 1.63. The molecule has 6 rings (SSSR count). The number of aromatic nitrogens is 2. The molecule has 6 heteroatoms. The van der Waals surface area contributed by atoms with Crippen molar-refractivity contribution in [2.75, 3.05) is 23.9 Å². The Bertz CT molecular complexity index is 1660. The lowest BCUT2D eigenvalue weighted by Gasteiger charge is -2.18. The van der Waals surface area contributed by atoms with Crippen LogP contribution in [-0.2, 0) is 13.1 Å². The van der Waals surface area contributed by atoms with Crippen molar-refractivity contribution in [2.45, 2.75) is 13.1 Å². The van der Waals surface area contributed by atoms with Gasteiger partial charge in [0.25, 0.3) is 0 Å². The van der Waals surface area contributed by atoms with Gasteiger partial charge in [0.2, 0.25) is 0 Å². The molecule has 0 atom stereocenters. The number of hydrogen-bond donors (Lipinski definition) is 0. The maximum atomic E-state index is 6.04. The van der Waals surface area contributed by atoms with Gasteiger partial charge in [-0.15, -0.1) is 0 Å². The molecule has 2 aromatic heterocycles. The van der Waals surface area contributed by atoms with E-state index in [1.54, 1.807) is 0 Å². The molecule has 0 fully saturated rings. The zero-order valence-corrected chi connectivity index (χ0v) is 26.3. The van der Waals surface area contributed by atoms with Gasteiger partial charge in [-0.25, -0.2) is 9.13 Å². The van der Waals surface area contributed by atoms with Crippen molar-refractivity contribution < 1.29 is 9.13 Å². The minimum atomic E-state index is 0.743. The van der Waals surface area contributed by atoms with E-state index in [0.717, 1.165) is 45.9 Å². The summed E-state index contributed by atoms with van der Waals surface area (Å²) < 4.78 is 4.39. The summed E-state index contributed by atoms with van der Waals surface area (Å²) in [7, 11) is 4.13. The van der Waals surface area contributed by atoms with Crippen LogP contribution in [0.2, 0.25) is 10.0 Å². The number of benzene rings is 4. The highest BCUT2D eigenvalue weighted by Gasteiger charge is 2.10. The molecule has 4 nitrogen and oxygen atoms in total. The summed E-state index contributed by atoms with van der Waals surface area (Å²) >= 11 is 12.1. The molecule has 0 saturated carbocycles. The van der Waals surface area contributed by atoms with Crippen molar-refractivity contribution in [3.63, 3.8) is 0 Å². The van der Waals surface area contributed by atoms with Gasteiger partial charge in [0.05, 0.1) is 11.4 Å². The Kier molecular flexibility index (Phi) is 8.92. The van der Waals surface area contributed by atoms with Crippen molar-refractivity contribution in [2.24, 2.45) is 0 Å². The standard InChI is InChI=1S/C38H34Cl2N4/c1-41(35-15-11-33(39)12-16-35)37-19-23-43(24-20-37)27-29-3-7-31(8-4-29)32-9-5-30(6-10-32)28-44-25-21-38(22-26-44)42(2)36-17-13-34(40)14-18-36/h3-26H,27-28H2,1-2H3/q+2. The Hall–Kier alpha value is -4.64. The molecule has 0 aliphatic rings. The van der Waals surface area contributed by atoms with Gasteiger partial charge in [0.15, 0.2) is 37.9 Å². The smallest absolute Gasteiger partial charge is 0.173 e. The van der Waals surface area contributed by atoms with Crippen molar-refractivity contribution >= 4 is 46.0 Å². The molecule has 0 radical (unpaired) electrons. The minimum absolute atomic E-state index is 0.743. The van der Waals surface area contributed by atoms with E-state index >= 15 is 0 Å². The molecular weight excluding hydrogens is 583 g/mol. The molecule has 0 amide bonds. The van der Waals surface area contributed by atoms with Crippen molar-refractivity contribution in [3.8, 4) is 11.1 Å². The van der Waals surface area contributed by atoms with Gasteiger partial charge in [0, 0.05) is 70.9 Å². The Balaban J connectivity index is 1.04. The number of rotatable bonds is 9. The zero-order valence-electron chi connectivity index (χ0n) is 24.8. The van der Waals surface area contributed by atoms with Crippen LogP contribution in [0, 0.1) is 0 Å². The number of pyridine rings is 2. The fourth-order valence-electron chi connectivity index (χ4n) is 5.21. The summed E-state index contributed by atoms with van der Waals surface area (Å²) in [4.78, 5) is 4.30. The van der Waals surface area contributed by atoms with E-state index in [1.165, 1.54) is 22.3 Å². The molecule has 0 unspecified atom stereocenters. The van der Waals surface area contributed by atoms with Crippen LogP contribution in [0.25, 0.3) is 11.1 Å². The zero-order chi connectivity index (χ0) is 30.5. The average Bonchev–Trinajstić information content (AvgIpc) is 3.06. The number of halogens is 2. The third-order valence-electron chi connectivity index (χ3n) is 7.92. The van der Waals surface area contributed by atoms with Crippen LogP contribution in [0.3, 0.4) is 0 Å². The Morgan fingerprint density at radius 3 is 1.02 bits per heavy atom. The van der Waals surface area contributed by atoms with Gasteiger partial charge in [-0.3, -0.25) is 0 Å². The lowest BCUT2D eigenvalue weighted by Crippen LogP contribution is -2.33. The summed E-state index contributed by atoms with van der Waals surface area (Å²) in [6, 6.07) is 42.0. The monoisotopic (exact) mass is 616 g/mol. The highest BCUT2D eigenvalue weighted by atomic mass is 35.5. The quantitative estimate of drug-likeness (QED) is 0.151. The Labute approximate surface area is 269 Å². The van der Waals surface area contributed by atoms with Gasteiger partial charge >= 0.3 is 0 Å². The van der Waals surface area contributed by atoms with E-state index in [-0.39, 0.29) is 0 Å². The molecule has 218 valence electrons. The van der Waals surface area contributed by atoms with Crippen LogP contribution < -0.4 is 18.9 Å². The summed E-state index contributed by atoms with van der Waals surface area (Å²) in [5.74, 6) is 0. The number of hydrogen-bond acceptors (Lipinski definition) is 2. The molecule has 4 aromatic carbocycles. The SMILES string of the molecule is CN(c1ccc(Cl)cc1)c1cc[n+](Cc2ccc(-c3ccc(C[n+]4ccc(N(C)c5ccc(Cl)cc5)cc4)cc3)cc2)cc1. The van der Waals surface area contributed by atoms with Crippen molar-refractivity contribution in [3.05, 3.63) is 167 Å². The van der Waals surface area contributed by atoms with Gasteiger partial charge in [-0.1, -0.05) is 71.7 Å². The van der Waals surface area contributed by atoms with E-state index in [1.807, 2.05) is 48.5 Å². The predicted octanol–water partition coefficient (Wildman–Crippen LogP) is 8.87. The molecular formula is C38H34Cl2N4+2. The molecule has 0 bridgehead atoms. The summed E-state index contributed by atoms with van der Waals surface area (Å²) in [5.41, 5.74) is 9.40. The third-order valence-corrected chi connectivity index (χ3v) is 8.42. The second kappa shape index (κ2) is 13.3. The fourth-order valence-corrected chi connectivity index (χ4v) is 5.46. The van der Waals surface area contributed by atoms with Crippen LogP contribution in [0.15, 0.2) is 146 Å². The van der Waals surface area contributed by atoms with E-state index in [2.05, 4.69) is 131 Å². The van der Waals surface area contributed by atoms with Crippen molar-refractivity contribution in [1.82, 2.24) is 0 Å². The van der Waals surface area contributed by atoms with Crippen LogP contribution in [-0.4, -0.2) is 14.1 Å². The highest BCUT2D eigenvalue weighted by Crippen LogP contribution is 2.26. The van der Waals surface area contributed by atoms with Crippen LogP contribution in [0.4, 0.5) is 22.7 Å². The first kappa shape index (κ1) is 29.4. The second-order valence-corrected chi connectivity index (χ2v) is 11.8. The Morgan fingerprint density at radius 1 is 0.409 bits per heavy atom.